The van der Waals surface area contributed by atoms with E-state index in [1.54, 1.807) is 7.05 Å². The fourth-order valence-corrected chi connectivity index (χ4v) is 2.98. The summed E-state index contributed by atoms with van der Waals surface area (Å²) in [6, 6.07) is 6.35. The predicted octanol–water partition coefficient (Wildman–Crippen LogP) is 3.69. The zero-order valence-electron chi connectivity index (χ0n) is 16.5. The van der Waals surface area contributed by atoms with E-state index in [0.29, 0.717) is 32.0 Å². The van der Waals surface area contributed by atoms with Gasteiger partial charge in [0.05, 0.1) is 6.54 Å². The lowest BCUT2D eigenvalue weighted by Crippen LogP contribution is -2.40. The van der Waals surface area contributed by atoms with Gasteiger partial charge in [-0.2, -0.15) is 13.2 Å². The molecule has 0 fully saturated rings. The molecule has 2 aromatic rings. The van der Waals surface area contributed by atoms with Crippen molar-refractivity contribution in [3.63, 3.8) is 0 Å². The van der Waals surface area contributed by atoms with E-state index in [1.807, 2.05) is 6.20 Å². The predicted molar refractivity (Wildman–Crippen MR) is 120 cm³/mol. The molecule has 0 aliphatic carbocycles. The fraction of sp³-hybridized carbons (Fsp3) is 0.526. The summed E-state index contributed by atoms with van der Waals surface area (Å²) in [6.45, 7) is 2.84. The van der Waals surface area contributed by atoms with E-state index in [1.165, 1.54) is 28.5 Å². The second kappa shape index (κ2) is 11.5. The van der Waals surface area contributed by atoms with Crippen molar-refractivity contribution in [2.24, 2.45) is 4.99 Å². The van der Waals surface area contributed by atoms with E-state index in [2.05, 4.69) is 45.7 Å². The Labute approximate surface area is 181 Å². The summed E-state index contributed by atoms with van der Waals surface area (Å²) in [5, 5.41) is 7.60. The maximum absolute atomic E-state index is 12.3. The number of nitrogens with one attached hydrogen (secondary N) is 3. The molecule has 0 saturated carbocycles. The molecule has 5 nitrogen and oxygen atoms in total. The van der Waals surface area contributed by atoms with E-state index in [-0.39, 0.29) is 24.0 Å². The number of nitrogens with zero attached hydrogens (tertiary/aromatic N) is 2. The van der Waals surface area contributed by atoms with Gasteiger partial charge in [-0.15, -0.1) is 24.0 Å². The number of benzene rings is 1. The highest BCUT2D eigenvalue weighted by Gasteiger charge is 2.28. The van der Waals surface area contributed by atoms with Crippen LogP contribution < -0.4 is 10.6 Å². The van der Waals surface area contributed by atoms with Gasteiger partial charge in [0.25, 0.3) is 0 Å². The number of guanidine groups is 1. The molecular formula is C19H29F3IN5. The highest BCUT2D eigenvalue weighted by molar-refractivity contribution is 14.0. The van der Waals surface area contributed by atoms with Crippen LogP contribution in [-0.2, 0) is 6.42 Å². The largest absolute Gasteiger partial charge is 0.401 e. The van der Waals surface area contributed by atoms with E-state index >= 15 is 0 Å². The third kappa shape index (κ3) is 8.26. The Balaban J connectivity index is 0.00000392. The highest BCUT2D eigenvalue weighted by Crippen LogP contribution is 2.19. The molecule has 2 rings (SSSR count). The molecule has 0 spiro atoms. The standard InChI is InChI=1S/C19H28F3N5.HI/c1-14-5-6-16-15(12-26-17(16)11-14)7-9-25-18(23-2)24-8-4-10-27(3)13-19(20,21)22;/h5-6,11-12,26H,4,7-10,13H2,1-3H3,(H2,23,24,25);1H. The number of fused-ring (bicyclic) bond motifs is 1. The van der Waals surface area contributed by atoms with Crippen molar-refractivity contribution in [1.29, 1.82) is 0 Å². The van der Waals surface area contributed by atoms with Crippen LogP contribution in [0.1, 0.15) is 17.5 Å². The minimum atomic E-state index is -4.15. The molecule has 158 valence electrons. The monoisotopic (exact) mass is 511 g/mol. The topological polar surface area (TPSA) is 55.5 Å². The first-order chi connectivity index (χ1) is 12.8. The molecule has 28 heavy (non-hydrogen) atoms. The minimum absolute atomic E-state index is 0. The Hall–Kier alpha value is -1.49. The molecule has 0 aliphatic heterocycles. The van der Waals surface area contributed by atoms with Crippen LogP contribution >= 0.6 is 24.0 Å². The lowest BCUT2D eigenvalue weighted by molar-refractivity contribution is -0.143. The van der Waals surface area contributed by atoms with Crippen LogP contribution in [0.15, 0.2) is 29.4 Å². The molecule has 0 radical (unpaired) electrons. The molecule has 0 amide bonds. The highest BCUT2D eigenvalue weighted by atomic mass is 127. The van der Waals surface area contributed by atoms with Crippen LogP contribution in [0.4, 0.5) is 13.2 Å². The zero-order chi connectivity index (χ0) is 19.9. The number of alkyl halides is 3. The Kier molecular flexibility index (Phi) is 10.1. The van der Waals surface area contributed by atoms with Crippen LogP contribution in [0.5, 0.6) is 0 Å². The summed E-state index contributed by atoms with van der Waals surface area (Å²) in [6.07, 6.45) is -0.674. The number of aryl methyl sites for hydroxylation is 1. The van der Waals surface area contributed by atoms with Gasteiger partial charge in [-0.25, -0.2) is 0 Å². The van der Waals surface area contributed by atoms with Gasteiger partial charge in [-0.3, -0.25) is 9.89 Å². The fourth-order valence-electron chi connectivity index (χ4n) is 2.98. The van der Waals surface area contributed by atoms with Crippen molar-refractivity contribution in [2.45, 2.75) is 25.9 Å². The quantitative estimate of drug-likeness (QED) is 0.220. The summed E-state index contributed by atoms with van der Waals surface area (Å²) in [5.41, 5.74) is 3.59. The maximum atomic E-state index is 12.3. The van der Waals surface area contributed by atoms with Crippen molar-refractivity contribution in [3.05, 3.63) is 35.5 Å². The van der Waals surface area contributed by atoms with Crippen molar-refractivity contribution < 1.29 is 13.2 Å². The van der Waals surface area contributed by atoms with Gasteiger partial charge in [0.1, 0.15) is 0 Å². The maximum Gasteiger partial charge on any atom is 0.401 e. The van der Waals surface area contributed by atoms with Gasteiger partial charge in [-0.1, -0.05) is 12.1 Å². The van der Waals surface area contributed by atoms with Crippen LogP contribution in [0, 0.1) is 6.92 Å². The van der Waals surface area contributed by atoms with Crippen molar-refractivity contribution in [3.8, 4) is 0 Å². The number of aromatic nitrogens is 1. The number of aromatic amines is 1. The van der Waals surface area contributed by atoms with Gasteiger partial charge in [0.15, 0.2) is 5.96 Å². The van der Waals surface area contributed by atoms with Crippen LogP contribution in [0.3, 0.4) is 0 Å². The van der Waals surface area contributed by atoms with E-state index in [9.17, 15) is 13.2 Å². The molecule has 0 atom stereocenters. The summed E-state index contributed by atoms with van der Waals surface area (Å²) >= 11 is 0. The second-order valence-corrected chi connectivity index (χ2v) is 6.75. The minimum Gasteiger partial charge on any atom is -0.361 e. The van der Waals surface area contributed by atoms with Gasteiger partial charge in [0, 0.05) is 37.2 Å². The van der Waals surface area contributed by atoms with Crippen LogP contribution in [0.2, 0.25) is 0 Å². The number of hydrogen-bond donors (Lipinski definition) is 3. The molecule has 0 saturated heterocycles. The molecule has 1 aromatic carbocycles. The lowest BCUT2D eigenvalue weighted by Gasteiger charge is -2.18. The van der Waals surface area contributed by atoms with Gasteiger partial charge in [-0.05, 0) is 50.6 Å². The number of halogens is 4. The number of rotatable bonds is 8. The smallest absolute Gasteiger partial charge is 0.361 e. The molecule has 1 heterocycles. The van der Waals surface area contributed by atoms with Gasteiger partial charge < -0.3 is 15.6 Å². The van der Waals surface area contributed by atoms with Crippen molar-refractivity contribution >= 4 is 40.8 Å². The van der Waals surface area contributed by atoms with Crippen LogP contribution in [-0.4, -0.2) is 62.3 Å². The zero-order valence-corrected chi connectivity index (χ0v) is 18.8. The molecule has 0 unspecified atom stereocenters. The SMILES string of the molecule is CN=C(NCCCN(C)CC(F)(F)F)NCCc1c[nH]c2cc(C)ccc12.I. The van der Waals surface area contributed by atoms with Gasteiger partial charge in [0.2, 0.25) is 0 Å². The second-order valence-electron chi connectivity index (χ2n) is 6.75. The first-order valence-corrected chi connectivity index (χ1v) is 9.05. The lowest BCUT2D eigenvalue weighted by atomic mass is 10.1. The third-order valence-corrected chi connectivity index (χ3v) is 4.29. The average Bonchev–Trinajstić information content (AvgIpc) is 2.97. The summed E-state index contributed by atoms with van der Waals surface area (Å²) in [7, 11) is 3.16. The van der Waals surface area contributed by atoms with E-state index in [0.717, 1.165) is 11.9 Å². The van der Waals surface area contributed by atoms with E-state index < -0.39 is 12.7 Å². The summed E-state index contributed by atoms with van der Waals surface area (Å²) in [5.74, 6) is 0.657. The first kappa shape index (κ1) is 24.5. The Morgan fingerprint density at radius 2 is 1.93 bits per heavy atom. The summed E-state index contributed by atoms with van der Waals surface area (Å²) in [4.78, 5) is 8.72. The van der Waals surface area contributed by atoms with Gasteiger partial charge >= 0.3 is 6.18 Å². The Morgan fingerprint density at radius 3 is 2.61 bits per heavy atom. The van der Waals surface area contributed by atoms with E-state index in [4.69, 9.17) is 0 Å². The molecular weight excluding hydrogens is 482 g/mol. The third-order valence-electron chi connectivity index (χ3n) is 4.29. The number of hydrogen-bond acceptors (Lipinski definition) is 2. The molecule has 0 aliphatic rings. The average molecular weight is 511 g/mol. The normalized spacial score (nSPS) is 12.3. The first-order valence-electron chi connectivity index (χ1n) is 9.05. The Bertz CT molecular complexity index is 758. The number of aliphatic imine (C=N–C) groups is 1. The van der Waals surface area contributed by atoms with Crippen LogP contribution in [0.25, 0.3) is 10.9 Å². The molecule has 0 bridgehead atoms. The molecule has 9 heteroatoms. The Morgan fingerprint density at radius 1 is 1.21 bits per heavy atom. The van der Waals surface area contributed by atoms with Crippen molar-refractivity contribution in [1.82, 2.24) is 20.5 Å². The number of H-pyrrole nitrogens is 1. The molecule has 3 N–H and O–H groups in total. The molecule has 1 aromatic heterocycles. The van der Waals surface area contributed by atoms with Crippen molar-refractivity contribution in [2.75, 3.05) is 40.3 Å². The summed E-state index contributed by atoms with van der Waals surface area (Å²) < 4.78 is 36.8.